The molecule has 1 saturated heterocycles. The van der Waals surface area contributed by atoms with Crippen molar-refractivity contribution in [1.29, 1.82) is 0 Å². The van der Waals surface area contributed by atoms with Crippen LogP contribution in [-0.2, 0) is 6.54 Å². The molecule has 2 aromatic heterocycles. The molecule has 0 saturated carbocycles. The number of carboxylic acid groups (broad SMARTS) is 1. The van der Waals surface area contributed by atoms with Crippen LogP contribution in [0.5, 0.6) is 5.75 Å². The zero-order valence-corrected chi connectivity index (χ0v) is 21.4. The standard InChI is InChI=1S/C29H25FN6O4/c30-24-16-23-25(17-26(24)34-14-12-33(13-15-34)21-4-2-1-3-5-21)36(19-27(28(23)37)40-29(38)39)22-8-6-20(7-9-22)18-35-11-10-31-32-35/h1-11,16-17,19H,12-15,18H2,(H,38,39). The molecule has 0 spiro atoms. The Hall–Kier alpha value is -5.19. The Bertz CT molecular complexity index is 1710. The fourth-order valence-electron chi connectivity index (χ4n) is 5.04. The third kappa shape index (κ3) is 4.96. The first-order chi connectivity index (χ1) is 19.5. The summed E-state index contributed by atoms with van der Waals surface area (Å²) in [6, 6.07) is 20.3. The number of rotatable bonds is 6. The summed E-state index contributed by atoms with van der Waals surface area (Å²) in [4.78, 5) is 28.6. The zero-order chi connectivity index (χ0) is 27.6. The Labute approximate surface area is 228 Å². The fourth-order valence-corrected chi connectivity index (χ4v) is 5.04. The predicted molar refractivity (Wildman–Crippen MR) is 148 cm³/mol. The fraction of sp³-hybridized carbons (Fsp3) is 0.172. The lowest BCUT2D eigenvalue weighted by Gasteiger charge is -2.37. The molecule has 1 aliphatic rings. The predicted octanol–water partition coefficient (Wildman–Crippen LogP) is 4.15. The van der Waals surface area contributed by atoms with E-state index < -0.39 is 23.2 Å². The molecule has 1 N–H and O–H groups in total. The van der Waals surface area contributed by atoms with Gasteiger partial charge in [0.25, 0.3) is 0 Å². The molecular weight excluding hydrogens is 515 g/mol. The SMILES string of the molecule is O=C(O)Oc1cn(-c2ccc(Cn3ccnn3)cc2)c2cc(N3CCN(c4ccccc4)CC3)c(F)cc2c1=O. The molecular formula is C29H25FN6O4. The number of halogens is 1. The third-order valence-corrected chi connectivity index (χ3v) is 7.01. The molecule has 0 bridgehead atoms. The second-order valence-electron chi connectivity index (χ2n) is 9.46. The Kier molecular flexibility index (Phi) is 6.61. The van der Waals surface area contributed by atoms with E-state index in [0.29, 0.717) is 49.6 Å². The van der Waals surface area contributed by atoms with E-state index >= 15 is 4.39 Å². The Morgan fingerprint density at radius 2 is 1.68 bits per heavy atom. The molecule has 0 atom stereocenters. The largest absolute Gasteiger partial charge is 0.511 e. The topological polar surface area (TPSA) is 106 Å². The average molecular weight is 541 g/mol. The van der Waals surface area contributed by atoms with Crippen molar-refractivity contribution in [3.05, 3.63) is 107 Å². The third-order valence-electron chi connectivity index (χ3n) is 7.01. The maximum absolute atomic E-state index is 15.5. The van der Waals surface area contributed by atoms with Crippen LogP contribution < -0.4 is 20.0 Å². The number of aromatic nitrogens is 4. The molecule has 0 aliphatic carbocycles. The van der Waals surface area contributed by atoms with Gasteiger partial charge in [-0.1, -0.05) is 35.5 Å². The van der Waals surface area contributed by atoms with Crippen LogP contribution in [0.2, 0.25) is 0 Å². The molecule has 40 heavy (non-hydrogen) atoms. The van der Waals surface area contributed by atoms with E-state index in [1.54, 1.807) is 27.7 Å². The van der Waals surface area contributed by atoms with Gasteiger partial charge in [-0.05, 0) is 42.0 Å². The summed E-state index contributed by atoms with van der Waals surface area (Å²) in [6.45, 7) is 3.14. The lowest BCUT2D eigenvalue weighted by atomic mass is 10.1. The van der Waals surface area contributed by atoms with E-state index in [0.717, 1.165) is 11.3 Å². The summed E-state index contributed by atoms with van der Waals surface area (Å²) in [5, 5.41) is 17.0. The van der Waals surface area contributed by atoms with E-state index in [4.69, 9.17) is 4.74 Å². The monoisotopic (exact) mass is 540 g/mol. The van der Waals surface area contributed by atoms with Crippen LogP contribution in [0.1, 0.15) is 5.56 Å². The normalized spacial score (nSPS) is 13.5. The quantitative estimate of drug-likeness (QED) is 0.320. The minimum absolute atomic E-state index is 0.0228. The maximum atomic E-state index is 15.5. The zero-order valence-electron chi connectivity index (χ0n) is 21.4. The van der Waals surface area contributed by atoms with Crippen molar-refractivity contribution in [1.82, 2.24) is 19.6 Å². The van der Waals surface area contributed by atoms with Crippen LogP contribution in [0, 0.1) is 5.82 Å². The van der Waals surface area contributed by atoms with Crippen LogP contribution in [0.3, 0.4) is 0 Å². The summed E-state index contributed by atoms with van der Waals surface area (Å²) < 4.78 is 23.6. The van der Waals surface area contributed by atoms with Gasteiger partial charge in [-0.15, -0.1) is 5.10 Å². The minimum atomic E-state index is -1.63. The summed E-state index contributed by atoms with van der Waals surface area (Å²) >= 11 is 0. The lowest BCUT2D eigenvalue weighted by Crippen LogP contribution is -2.46. The molecule has 1 fully saturated rings. The van der Waals surface area contributed by atoms with Gasteiger partial charge in [0.15, 0.2) is 5.75 Å². The number of para-hydroxylation sites is 1. The van der Waals surface area contributed by atoms with Crippen molar-refractivity contribution in [3.63, 3.8) is 0 Å². The van der Waals surface area contributed by atoms with E-state index in [1.807, 2.05) is 47.4 Å². The molecule has 11 heteroatoms. The number of carbonyl (C=O) groups is 1. The van der Waals surface area contributed by atoms with Crippen molar-refractivity contribution < 1.29 is 19.0 Å². The lowest BCUT2D eigenvalue weighted by molar-refractivity contribution is 0.144. The summed E-state index contributed by atoms with van der Waals surface area (Å²) in [6.07, 6.45) is 3.07. The highest BCUT2D eigenvalue weighted by Crippen LogP contribution is 2.30. The first kappa shape index (κ1) is 25.1. The summed E-state index contributed by atoms with van der Waals surface area (Å²) in [5.74, 6) is -0.963. The highest BCUT2D eigenvalue weighted by Gasteiger charge is 2.23. The van der Waals surface area contributed by atoms with Gasteiger partial charge in [-0.25, -0.2) is 13.9 Å². The second-order valence-corrected chi connectivity index (χ2v) is 9.46. The van der Waals surface area contributed by atoms with Crippen molar-refractivity contribution in [3.8, 4) is 11.4 Å². The van der Waals surface area contributed by atoms with Gasteiger partial charge >= 0.3 is 6.16 Å². The van der Waals surface area contributed by atoms with Crippen LogP contribution in [0.15, 0.2) is 90.1 Å². The number of fused-ring (bicyclic) bond motifs is 1. The van der Waals surface area contributed by atoms with Crippen molar-refractivity contribution in [2.24, 2.45) is 0 Å². The van der Waals surface area contributed by atoms with Crippen LogP contribution >= 0.6 is 0 Å². The van der Waals surface area contributed by atoms with E-state index in [-0.39, 0.29) is 5.39 Å². The number of hydrogen-bond donors (Lipinski definition) is 1. The average Bonchev–Trinajstić information content (AvgIpc) is 3.48. The van der Waals surface area contributed by atoms with Gasteiger partial charge < -0.3 is 24.2 Å². The number of ether oxygens (including phenoxy) is 1. The molecule has 10 nitrogen and oxygen atoms in total. The molecule has 1 aliphatic heterocycles. The molecule has 0 amide bonds. The van der Waals surface area contributed by atoms with Gasteiger partial charge in [0.2, 0.25) is 5.43 Å². The van der Waals surface area contributed by atoms with E-state index in [2.05, 4.69) is 27.3 Å². The van der Waals surface area contributed by atoms with Gasteiger partial charge in [0, 0.05) is 43.8 Å². The highest BCUT2D eigenvalue weighted by molar-refractivity contribution is 5.86. The molecule has 6 rings (SSSR count). The maximum Gasteiger partial charge on any atom is 0.511 e. The number of benzene rings is 3. The van der Waals surface area contributed by atoms with E-state index in [9.17, 15) is 14.7 Å². The van der Waals surface area contributed by atoms with Crippen LogP contribution in [0.4, 0.5) is 20.6 Å². The van der Waals surface area contributed by atoms with Gasteiger partial charge in [0.1, 0.15) is 5.82 Å². The Morgan fingerprint density at radius 3 is 2.35 bits per heavy atom. The molecule has 3 aromatic carbocycles. The van der Waals surface area contributed by atoms with Gasteiger partial charge in [0.05, 0.1) is 35.5 Å². The smallest absolute Gasteiger partial charge is 0.449 e. The number of pyridine rings is 1. The van der Waals surface area contributed by atoms with E-state index in [1.165, 1.54) is 12.3 Å². The van der Waals surface area contributed by atoms with Gasteiger partial charge in [-0.3, -0.25) is 4.79 Å². The second kappa shape index (κ2) is 10.5. The Balaban J connectivity index is 1.38. The summed E-state index contributed by atoms with van der Waals surface area (Å²) in [7, 11) is 0. The molecule has 0 unspecified atom stereocenters. The number of nitrogens with zero attached hydrogens (tertiary/aromatic N) is 6. The van der Waals surface area contributed by atoms with Crippen LogP contribution in [-0.4, -0.2) is 57.0 Å². The Morgan fingerprint density at radius 1 is 0.950 bits per heavy atom. The molecule has 5 aromatic rings. The molecule has 202 valence electrons. The number of hydrogen-bond acceptors (Lipinski definition) is 7. The number of anilines is 2. The van der Waals surface area contributed by atoms with Gasteiger partial charge in [-0.2, -0.15) is 0 Å². The van der Waals surface area contributed by atoms with Crippen molar-refractivity contribution in [2.75, 3.05) is 36.0 Å². The first-order valence-electron chi connectivity index (χ1n) is 12.7. The molecule has 3 heterocycles. The van der Waals surface area contributed by atoms with Crippen molar-refractivity contribution in [2.45, 2.75) is 6.54 Å². The molecule has 0 radical (unpaired) electrons. The first-order valence-corrected chi connectivity index (χ1v) is 12.7. The van der Waals surface area contributed by atoms with Crippen molar-refractivity contribution >= 4 is 28.4 Å². The number of piperazine rings is 1. The highest BCUT2D eigenvalue weighted by atomic mass is 19.1. The summed E-state index contributed by atoms with van der Waals surface area (Å²) in [5.41, 5.74) is 2.85. The van der Waals surface area contributed by atoms with Crippen LogP contribution in [0.25, 0.3) is 16.6 Å². The minimum Gasteiger partial charge on any atom is -0.449 e.